The van der Waals surface area contributed by atoms with Crippen molar-refractivity contribution in [1.29, 1.82) is 0 Å². The number of ether oxygens (including phenoxy) is 2. The number of carbonyl (C=O) groups is 1. The molecule has 0 fully saturated rings. The van der Waals surface area contributed by atoms with E-state index in [4.69, 9.17) is 9.47 Å². The van der Waals surface area contributed by atoms with Gasteiger partial charge in [-0.1, -0.05) is 0 Å². The van der Waals surface area contributed by atoms with Crippen LogP contribution >= 0.6 is 0 Å². The second kappa shape index (κ2) is 6.56. The van der Waals surface area contributed by atoms with Gasteiger partial charge in [-0.25, -0.2) is 4.79 Å². The summed E-state index contributed by atoms with van der Waals surface area (Å²) >= 11 is 0. The van der Waals surface area contributed by atoms with Crippen LogP contribution in [0.1, 0.15) is 17.3 Å². The van der Waals surface area contributed by atoms with Crippen molar-refractivity contribution in [2.75, 3.05) is 19.0 Å². The van der Waals surface area contributed by atoms with Crippen LogP contribution in [-0.2, 0) is 4.74 Å². The van der Waals surface area contributed by atoms with Gasteiger partial charge in [0.1, 0.15) is 5.75 Å². The molecular formula is C15H16N2O3. The second-order valence-corrected chi connectivity index (χ2v) is 4.04. The largest absolute Gasteiger partial charge is 0.497 e. The zero-order valence-electron chi connectivity index (χ0n) is 11.4. The van der Waals surface area contributed by atoms with Crippen LogP contribution in [0.3, 0.4) is 0 Å². The van der Waals surface area contributed by atoms with Crippen LogP contribution in [0.15, 0.2) is 42.7 Å². The number of carbonyl (C=O) groups excluding carboxylic acids is 1. The highest BCUT2D eigenvalue weighted by molar-refractivity contribution is 5.90. The minimum Gasteiger partial charge on any atom is -0.497 e. The lowest BCUT2D eigenvalue weighted by Gasteiger charge is -2.08. The Labute approximate surface area is 117 Å². The maximum atomic E-state index is 11.6. The van der Waals surface area contributed by atoms with Gasteiger partial charge in [0.2, 0.25) is 0 Å². The maximum Gasteiger partial charge on any atom is 0.339 e. The number of benzene rings is 1. The molecule has 0 bridgehead atoms. The van der Waals surface area contributed by atoms with Crippen LogP contribution < -0.4 is 10.1 Å². The minimum atomic E-state index is -0.376. The summed E-state index contributed by atoms with van der Waals surface area (Å²) in [5.41, 5.74) is 2.03. The fourth-order valence-corrected chi connectivity index (χ4v) is 1.68. The predicted molar refractivity (Wildman–Crippen MR) is 76.5 cm³/mol. The molecule has 0 atom stereocenters. The van der Waals surface area contributed by atoms with Crippen LogP contribution in [-0.4, -0.2) is 24.7 Å². The maximum absolute atomic E-state index is 11.6. The fourth-order valence-electron chi connectivity index (χ4n) is 1.68. The highest BCUT2D eigenvalue weighted by Crippen LogP contribution is 2.20. The monoisotopic (exact) mass is 272 g/mol. The van der Waals surface area contributed by atoms with Crippen molar-refractivity contribution >= 4 is 17.3 Å². The van der Waals surface area contributed by atoms with E-state index in [0.717, 1.165) is 17.1 Å². The van der Waals surface area contributed by atoms with Gasteiger partial charge in [0.05, 0.1) is 31.2 Å². The Morgan fingerprint density at radius 1 is 1.20 bits per heavy atom. The first-order valence-corrected chi connectivity index (χ1v) is 6.26. The van der Waals surface area contributed by atoms with Crippen LogP contribution in [0, 0.1) is 0 Å². The average molecular weight is 272 g/mol. The molecule has 0 amide bonds. The molecule has 1 heterocycles. The van der Waals surface area contributed by atoms with E-state index in [2.05, 4.69) is 10.3 Å². The molecule has 1 N–H and O–H groups in total. The lowest BCUT2D eigenvalue weighted by Crippen LogP contribution is -2.05. The van der Waals surface area contributed by atoms with Crippen LogP contribution in [0.5, 0.6) is 5.75 Å². The number of hydrogen-bond donors (Lipinski definition) is 1. The van der Waals surface area contributed by atoms with Gasteiger partial charge in [-0.15, -0.1) is 0 Å². The number of rotatable bonds is 5. The summed E-state index contributed by atoms with van der Waals surface area (Å²) in [6.45, 7) is 2.11. The third-order valence-electron chi connectivity index (χ3n) is 2.63. The number of aromatic nitrogens is 1. The first kappa shape index (κ1) is 13.9. The highest BCUT2D eigenvalue weighted by atomic mass is 16.5. The molecule has 5 nitrogen and oxygen atoms in total. The molecule has 1 aromatic heterocycles. The van der Waals surface area contributed by atoms with Crippen LogP contribution in [0.25, 0.3) is 0 Å². The van der Waals surface area contributed by atoms with E-state index in [-0.39, 0.29) is 5.97 Å². The zero-order chi connectivity index (χ0) is 14.4. The van der Waals surface area contributed by atoms with Crippen molar-refractivity contribution in [3.05, 3.63) is 48.3 Å². The lowest BCUT2D eigenvalue weighted by atomic mass is 10.2. The van der Waals surface area contributed by atoms with E-state index < -0.39 is 0 Å². The van der Waals surface area contributed by atoms with E-state index in [0.29, 0.717) is 12.2 Å². The Morgan fingerprint density at radius 3 is 2.60 bits per heavy atom. The van der Waals surface area contributed by atoms with Gasteiger partial charge in [-0.3, -0.25) is 4.98 Å². The molecule has 0 aliphatic carbocycles. The van der Waals surface area contributed by atoms with Gasteiger partial charge in [0.15, 0.2) is 0 Å². The molecule has 2 rings (SSSR count). The summed E-state index contributed by atoms with van der Waals surface area (Å²) in [6.07, 6.45) is 3.13. The van der Waals surface area contributed by atoms with E-state index in [1.54, 1.807) is 26.3 Å². The SMILES string of the molecule is CCOC(=O)c1cncc(Nc2ccc(OC)cc2)c1. The molecular weight excluding hydrogens is 256 g/mol. The molecule has 0 aliphatic heterocycles. The van der Waals surface area contributed by atoms with E-state index in [1.165, 1.54) is 6.20 Å². The average Bonchev–Trinajstić information content (AvgIpc) is 2.48. The number of hydrogen-bond acceptors (Lipinski definition) is 5. The summed E-state index contributed by atoms with van der Waals surface area (Å²) in [6, 6.07) is 9.18. The number of methoxy groups -OCH3 is 1. The molecule has 0 saturated carbocycles. The third-order valence-corrected chi connectivity index (χ3v) is 2.63. The summed E-state index contributed by atoms with van der Waals surface area (Å²) in [7, 11) is 1.62. The van der Waals surface area contributed by atoms with Crippen molar-refractivity contribution in [3.8, 4) is 5.75 Å². The normalized spacial score (nSPS) is 9.90. The Kier molecular flexibility index (Phi) is 4.55. The summed E-state index contributed by atoms with van der Waals surface area (Å²) in [4.78, 5) is 15.7. The molecule has 104 valence electrons. The van der Waals surface area contributed by atoms with Crippen molar-refractivity contribution in [2.45, 2.75) is 6.92 Å². The molecule has 5 heteroatoms. The van der Waals surface area contributed by atoms with Crippen LogP contribution in [0.2, 0.25) is 0 Å². The van der Waals surface area contributed by atoms with Crippen molar-refractivity contribution in [2.24, 2.45) is 0 Å². The molecule has 0 radical (unpaired) electrons. The molecule has 0 saturated heterocycles. The number of esters is 1. The first-order valence-electron chi connectivity index (χ1n) is 6.26. The summed E-state index contributed by atoms with van der Waals surface area (Å²) in [5.74, 6) is 0.410. The fraction of sp³-hybridized carbons (Fsp3) is 0.200. The second-order valence-electron chi connectivity index (χ2n) is 4.04. The summed E-state index contributed by atoms with van der Waals surface area (Å²) < 4.78 is 10.0. The topological polar surface area (TPSA) is 60.5 Å². The van der Waals surface area contributed by atoms with Gasteiger partial charge in [-0.2, -0.15) is 0 Å². The van der Waals surface area contributed by atoms with Gasteiger partial charge < -0.3 is 14.8 Å². The number of nitrogens with one attached hydrogen (secondary N) is 1. The zero-order valence-corrected chi connectivity index (χ0v) is 11.4. The smallest absolute Gasteiger partial charge is 0.339 e. The van der Waals surface area contributed by atoms with Crippen molar-refractivity contribution in [3.63, 3.8) is 0 Å². The molecule has 0 unspecified atom stereocenters. The standard InChI is InChI=1S/C15H16N2O3/c1-3-20-15(18)11-8-13(10-16-9-11)17-12-4-6-14(19-2)7-5-12/h4-10,17H,3H2,1-2H3. The Balaban J connectivity index is 2.12. The Hall–Kier alpha value is -2.56. The van der Waals surface area contributed by atoms with Gasteiger partial charge in [0, 0.05) is 11.9 Å². The van der Waals surface area contributed by atoms with E-state index in [1.807, 2.05) is 24.3 Å². The molecule has 1 aromatic carbocycles. The quantitative estimate of drug-likeness (QED) is 0.848. The predicted octanol–water partition coefficient (Wildman–Crippen LogP) is 3.01. The molecule has 0 aliphatic rings. The summed E-state index contributed by atoms with van der Waals surface area (Å²) in [5, 5.41) is 3.17. The van der Waals surface area contributed by atoms with Crippen LogP contribution in [0.4, 0.5) is 11.4 Å². The van der Waals surface area contributed by atoms with E-state index >= 15 is 0 Å². The number of pyridine rings is 1. The minimum absolute atomic E-state index is 0.342. The van der Waals surface area contributed by atoms with E-state index in [9.17, 15) is 4.79 Å². The molecule has 2 aromatic rings. The number of anilines is 2. The Morgan fingerprint density at radius 2 is 1.95 bits per heavy atom. The van der Waals surface area contributed by atoms with Crippen molar-refractivity contribution < 1.29 is 14.3 Å². The van der Waals surface area contributed by atoms with Gasteiger partial charge >= 0.3 is 5.97 Å². The van der Waals surface area contributed by atoms with Gasteiger partial charge in [-0.05, 0) is 37.3 Å². The van der Waals surface area contributed by atoms with Crippen molar-refractivity contribution in [1.82, 2.24) is 4.98 Å². The highest BCUT2D eigenvalue weighted by Gasteiger charge is 2.07. The number of nitrogens with zero attached hydrogens (tertiary/aromatic N) is 1. The Bertz CT molecular complexity index is 582. The molecule has 0 spiro atoms. The third kappa shape index (κ3) is 3.47. The first-order chi connectivity index (χ1) is 9.72. The lowest BCUT2D eigenvalue weighted by molar-refractivity contribution is 0.0526. The van der Waals surface area contributed by atoms with Gasteiger partial charge in [0.25, 0.3) is 0 Å². The molecule has 20 heavy (non-hydrogen) atoms.